The summed E-state index contributed by atoms with van der Waals surface area (Å²) in [5.41, 5.74) is 1.18. The van der Waals surface area contributed by atoms with Crippen molar-refractivity contribution in [2.45, 2.75) is 39.7 Å². The van der Waals surface area contributed by atoms with Gasteiger partial charge in [0.15, 0.2) is 0 Å². The van der Waals surface area contributed by atoms with E-state index in [-0.39, 0.29) is 0 Å². The Hall–Kier alpha value is -1.00. The highest BCUT2D eigenvalue weighted by Gasteiger charge is 2.25. The maximum Gasteiger partial charge on any atom is 0.127 e. The van der Waals surface area contributed by atoms with Crippen LogP contribution in [0.25, 0.3) is 10.2 Å². The molecular weight excluding hydrogens is 242 g/mol. The Balaban J connectivity index is 2.56. The standard InChI is InChI=1S/C14H21N3S/c1-8(2)12(10(4)15-5)13-11-6-9(3)18-14(11)17-7-16-13/h6-8,10,12,15H,1-5H3. The summed E-state index contributed by atoms with van der Waals surface area (Å²) >= 11 is 1.74. The summed E-state index contributed by atoms with van der Waals surface area (Å²) in [5, 5.41) is 4.58. The van der Waals surface area contributed by atoms with Crippen molar-refractivity contribution in [2.75, 3.05) is 7.05 Å². The van der Waals surface area contributed by atoms with Crippen LogP contribution in [0.4, 0.5) is 0 Å². The van der Waals surface area contributed by atoms with Gasteiger partial charge in [-0.15, -0.1) is 11.3 Å². The van der Waals surface area contributed by atoms with E-state index in [1.165, 1.54) is 16.0 Å². The number of likely N-dealkylation sites (N-methyl/N-ethyl adjacent to an activating group) is 1. The van der Waals surface area contributed by atoms with E-state index >= 15 is 0 Å². The Morgan fingerprint density at radius 1 is 1.22 bits per heavy atom. The third kappa shape index (κ3) is 2.40. The van der Waals surface area contributed by atoms with Crippen LogP contribution >= 0.6 is 11.3 Å². The van der Waals surface area contributed by atoms with E-state index < -0.39 is 0 Å². The molecule has 2 atom stereocenters. The second kappa shape index (κ2) is 5.33. The third-order valence-electron chi connectivity index (χ3n) is 3.51. The lowest BCUT2D eigenvalue weighted by molar-refractivity contribution is 0.390. The quantitative estimate of drug-likeness (QED) is 0.919. The van der Waals surface area contributed by atoms with E-state index in [0.717, 1.165) is 4.83 Å². The fraction of sp³-hybridized carbons (Fsp3) is 0.571. The predicted molar refractivity (Wildman–Crippen MR) is 78.3 cm³/mol. The fourth-order valence-corrected chi connectivity index (χ4v) is 3.42. The first-order valence-corrected chi connectivity index (χ1v) is 7.24. The smallest absolute Gasteiger partial charge is 0.127 e. The molecule has 98 valence electrons. The van der Waals surface area contributed by atoms with Gasteiger partial charge in [-0.25, -0.2) is 9.97 Å². The number of thiophene rings is 1. The number of aromatic nitrogens is 2. The normalized spacial score (nSPS) is 15.2. The van der Waals surface area contributed by atoms with Crippen LogP contribution in [-0.2, 0) is 0 Å². The summed E-state index contributed by atoms with van der Waals surface area (Å²) in [7, 11) is 2.01. The molecule has 1 N–H and O–H groups in total. The largest absolute Gasteiger partial charge is 0.317 e. The summed E-state index contributed by atoms with van der Waals surface area (Å²) in [6, 6.07) is 2.62. The number of nitrogens with one attached hydrogen (secondary N) is 1. The zero-order valence-electron chi connectivity index (χ0n) is 11.7. The van der Waals surface area contributed by atoms with Crippen molar-refractivity contribution in [1.82, 2.24) is 15.3 Å². The van der Waals surface area contributed by atoms with Gasteiger partial charge in [-0.2, -0.15) is 0 Å². The van der Waals surface area contributed by atoms with Gasteiger partial charge in [0.25, 0.3) is 0 Å². The molecule has 0 bridgehead atoms. The van der Waals surface area contributed by atoms with E-state index in [2.05, 4.69) is 49.0 Å². The minimum Gasteiger partial charge on any atom is -0.317 e. The molecule has 2 aromatic heterocycles. The van der Waals surface area contributed by atoms with Crippen LogP contribution < -0.4 is 5.32 Å². The van der Waals surface area contributed by atoms with Crippen molar-refractivity contribution in [2.24, 2.45) is 5.92 Å². The van der Waals surface area contributed by atoms with Gasteiger partial charge in [0.2, 0.25) is 0 Å². The van der Waals surface area contributed by atoms with Crippen molar-refractivity contribution in [3.05, 3.63) is 23.0 Å². The molecule has 3 nitrogen and oxygen atoms in total. The molecule has 2 rings (SSSR count). The molecule has 0 aromatic carbocycles. The highest BCUT2D eigenvalue weighted by atomic mass is 32.1. The highest BCUT2D eigenvalue weighted by molar-refractivity contribution is 7.18. The lowest BCUT2D eigenvalue weighted by Crippen LogP contribution is -2.32. The Morgan fingerprint density at radius 2 is 1.94 bits per heavy atom. The molecule has 0 amide bonds. The van der Waals surface area contributed by atoms with Crippen LogP contribution in [0.3, 0.4) is 0 Å². The molecule has 0 aliphatic rings. The van der Waals surface area contributed by atoms with Crippen LogP contribution in [0.5, 0.6) is 0 Å². The Morgan fingerprint density at radius 3 is 2.56 bits per heavy atom. The van der Waals surface area contributed by atoms with Gasteiger partial charge in [0, 0.05) is 22.2 Å². The third-order valence-corrected chi connectivity index (χ3v) is 4.47. The average molecular weight is 263 g/mol. The lowest BCUT2D eigenvalue weighted by atomic mass is 9.85. The van der Waals surface area contributed by atoms with Gasteiger partial charge in [0.05, 0.1) is 5.69 Å². The van der Waals surface area contributed by atoms with Gasteiger partial charge in [0.1, 0.15) is 11.2 Å². The number of hydrogen-bond donors (Lipinski definition) is 1. The summed E-state index contributed by atoms with van der Waals surface area (Å²) in [4.78, 5) is 11.3. The summed E-state index contributed by atoms with van der Waals surface area (Å²) in [5.74, 6) is 0.959. The molecule has 0 fully saturated rings. The number of aryl methyl sites for hydroxylation is 1. The fourth-order valence-electron chi connectivity index (χ4n) is 2.57. The highest BCUT2D eigenvalue weighted by Crippen LogP contribution is 2.34. The van der Waals surface area contributed by atoms with Crippen molar-refractivity contribution in [3.8, 4) is 0 Å². The topological polar surface area (TPSA) is 37.8 Å². The second-order valence-corrected chi connectivity index (χ2v) is 6.42. The van der Waals surface area contributed by atoms with Crippen molar-refractivity contribution >= 4 is 21.6 Å². The van der Waals surface area contributed by atoms with E-state index in [9.17, 15) is 0 Å². The van der Waals surface area contributed by atoms with Crippen molar-refractivity contribution in [1.29, 1.82) is 0 Å². The van der Waals surface area contributed by atoms with Crippen LogP contribution in [-0.4, -0.2) is 23.1 Å². The van der Waals surface area contributed by atoms with E-state index in [1.54, 1.807) is 17.7 Å². The lowest BCUT2D eigenvalue weighted by Gasteiger charge is -2.27. The SMILES string of the molecule is CNC(C)C(c1ncnc2sc(C)cc12)C(C)C. The van der Waals surface area contributed by atoms with E-state index in [0.29, 0.717) is 17.9 Å². The Labute approximate surface area is 113 Å². The first-order chi connectivity index (χ1) is 8.54. The molecule has 0 saturated carbocycles. The maximum atomic E-state index is 4.57. The minimum atomic E-state index is 0.406. The average Bonchev–Trinajstić information content (AvgIpc) is 2.69. The minimum absolute atomic E-state index is 0.406. The zero-order chi connectivity index (χ0) is 13.3. The number of nitrogens with zero attached hydrogens (tertiary/aromatic N) is 2. The second-order valence-electron chi connectivity index (χ2n) is 5.18. The summed E-state index contributed by atoms with van der Waals surface area (Å²) < 4.78 is 0. The number of hydrogen-bond acceptors (Lipinski definition) is 4. The molecule has 2 unspecified atom stereocenters. The maximum absolute atomic E-state index is 4.57. The van der Waals surface area contributed by atoms with Crippen LogP contribution in [0.1, 0.15) is 37.3 Å². The molecule has 0 aliphatic carbocycles. The summed E-state index contributed by atoms with van der Waals surface area (Å²) in [6.45, 7) is 8.86. The van der Waals surface area contributed by atoms with Crippen molar-refractivity contribution < 1.29 is 0 Å². The van der Waals surface area contributed by atoms with Gasteiger partial charge in [-0.05, 0) is 32.9 Å². The number of fused-ring (bicyclic) bond motifs is 1. The Kier molecular flexibility index (Phi) is 3.97. The zero-order valence-corrected chi connectivity index (χ0v) is 12.5. The monoisotopic (exact) mass is 263 g/mol. The molecule has 4 heteroatoms. The molecule has 18 heavy (non-hydrogen) atoms. The van der Waals surface area contributed by atoms with Crippen LogP contribution in [0, 0.1) is 12.8 Å². The molecular formula is C14H21N3S. The molecule has 0 aliphatic heterocycles. The molecule has 2 aromatic rings. The van der Waals surface area contributed by atoms with Crippen molar-refractivity contribution in [3.63, 3.8) is 0 Å². The predicted octanol–water partition coefficient (Wildman–Crippen LogP) is 3.35. The van der Waals surface area contributed by atoms with Gasteiger partial charge in [-0.1, -0.05) is 13.8 Å². The van der Waals surface area contributed by atoms with Crippen LogP contribution in [0.15, 0.2) is 12.4 Å². The molecule has 0 saturated heterocycles. The first kappa shape index (κ1) is 13.4. The summed E-state index contributed by atoms with van der Waals surface area (Å²) in [6.07, 6.45) is 1.70. The molecule has 0 radical (unpaired) electrons. The van der Waals surface area contributed by atoms with E-state index in [4.69, 9.17) is 0 Å². The first-order valence-electron chi connectivity index (χ1n) is 6.43. The van der Waals surface area contributed by atoms with Gasteiger partial charge < -0.3 is 5.32 Å². The molecule has 0 spiro atoms. The Bertz CT molecular complexity index is 533. The van der Waals surface area contributed by atoms with E-state index in [1.807, 2.05) is 7.05 Å². The van der Waals surface area contributed by atoms with Gasteiger partial charge >= 0.3 is 0 Å². The number of rotatable bonds is 4. The van der Waals surface area contributed by atoms with Crippen LogP contribution in [0.2, 0.25) is 0 Å². The molecule has 2 heterocycles. The van der Waals surface area contributed by atoms with Gasteiger partial charge in [-0.3, -0.25) is 0 Å².